The second kappa shape index (κ2) is 11.6. The minimum absolute atomic E-state index is 0. The van der Waals surface area contributed by atoms with Crippen molar-refractivity contribution in [3.05, 3.63) is 53.3 Å². The number of hydrogen-bond acceptors (Lipinski definition) is 1. The average Bonchev–Trinajstić information content (AvgIpc) is 2.57. The molecule has 1 N–H and O–H groups in total. The molecule has 0 fully saturated rings. The van der Waals surface area contributed by atoms with Crippen LogP contribution in [0.4, 0.5) is 5.69 Å². The first-order chi connectivity index (χ1) is 12.5. The molecular weight excluding hydrogens is 586 g/mol. The third kappa shape index (κ3) is 8.24. The monoisotopic (exact) mass is 626 g/mol. The van der Waals surface area contributed by atoms with Gasteiger partial charge in [-0.15, -0.1) is 0 Å². The number of allylic oxidation sites excluding steroid dienone is 2. The first kappa shape index (κ1) is 29.0. The molecule has 1 aromatic carbocycles. The van der Waals surface area contributed by atoms with Crippen molar-refractivity contribution in [3.63, 3.8) is 0 Å². The van der Waals surface area contributed by atoms with Crippen LogP contribution in [-0.2, 0) is 6.42 Å². The molecule has 3 nitrogen and oxygen atoms in total. The molecule has 1 aliphatic carbocycles. The lowest BCUT2D eigenvalue weighted by Crippen LogP contribution is -3.00. The van der Waals surface area contributed by atoms with E-state index in [1.165, 1.54) is 29.7 Å². The number of unbranched alkanes of at least 4 members (excludes halogenated alkanes) is 1. The highest BCUT2D eigenvalue weighted by molar-refractivity contribution is 5.42. The first-order valence-corrected chi connectivity index (χ1v) is 10.3. The molecule has 0 saturated carbocycles. The van der Waals surface area contributed by atoms with Gasteiger partial charge in [-0.3, -0.25) is 8.97 Å². The molecule has 0 radical (unpaired) electrons. The van der Waals surface area contributed by atoms with E-state index in [2.05, 4.69) is 85.6 Å². The number of nitrogens with zero attached hydrogens (tertiary/aromatic N) is 2. The van der Waals surface area contributed by atoms with Crippen LogP contribution in [0, 0.1) is 0 Å². The van der Waals surface area contributed by atoms with Crippen LogP contribution < -0.4 is 52.4 Å². The van der Waals surface area contributed by atoms with E-state index in [-0.39, 0.29) is 48.0 Å². The Bertz CT molecular complexity index is 697. The summed E-state index contributed by atoms with van der Waals surface area (Å²) in [5.74, 6) is 0. The quantitative estimate of drug-likeness (QED) is 0.216. The van der Waals surface area contributed by atoms with E-state index in [0.29, 0.717) is 4.48 Å². The largest absolute Gasteiger partial charge is 1.00 e. The zero-order valence-corrected chi connectivity index (χ0v) is 23.6. The van der Waals surface area contributed by atoms with Crippen molar-refractivity contribution in [1.29, 1.82) is 0 Å². The summed E-state index contributed by atoms with van der Waals surface area (Å²) in [4.78, 5) is 0. The summed E-state index contributed by atoms with van der Waals surface area (Å²) in [7, 11) is 13.0. The minimum Gasteiger partial charge on any atom is -1.00 e. The Labute approximate surface area is 213 Å². The lowest BCUT2D eigenvalue weighted by Gasteiger charge is -2.39. The Morgan fingerprint density at radius 2 is 1.38 bits per heavy atom. The van der Waals surface area contributed by atoms with Gasteiger partial charge in [-0.25, -0.2) is 0 Å². The Morgan fingerprint density at radius 1 is 0.828 bits per heavy atom. The number of benzene rings is 1. The number of aliphatic hydroxyl groups is 1. The van der Waals surface area contributed by atoms with Crippen LogP contribution >= 0.6 is 0 Å². The normalized spacial score (nSPS) is 19.6. The Hall–Kier alpha value is 0.0400. The van der Waals surface area contributed by atoms with Crippen LogP contribution in [0.2, 0.25) is 0 Å². The van der Waals surface area contributed by atoms with Crippen LogP contribution in [-0.4, -0.2) is 57.5 Å². The summed E-state index contributed by atoms with van der Waals surface area (Å²) < 4.78 is 1.55. The molecule has 166 valence electrons. The zero-order chi connectivity index (χ0) is 20.3. The third-order valence-corrected chi connectivity index (χ3v) is 5.71. The van der Waals surface area contributed by atoms with Crippen LogP contribution in [0.25, 0.3) is 0 Å². The fraction of sp³-hybridized carbons (Fsp3) is 0.583. The maximum atomic E-state index is 11.1. The number of likely N-dealkylation sites (N-methyl/N-ethyl adjacent to an activating group) is 1. The van der Waals surface area contributed by atoms with E-state index in [4.69, 9.17) is 0 Å². The van der Waals surface area contributed by atoms with Crippen molar-refractivity contribution in [2.75, 3.05) is 42.3 Å². The number of rotatable bonds is 8. The van der Waals surface area contributed by atoms with E-state index in [1.54, 1.807) is 0 Å². The fourth-order valence-corrected chi connectivity index (χ4v) is 3.99. The minimum atomic E-state index is -0.691. The summed E-state index contributed by atoms with van der Waals surface area (Å²) in [6, 6.07) is 9.03. The Morgan fingerprint density at radius 3 is 1.86 bits per heavy atom. The predicted octanol–water partition coefficient (Wildman–Crippen LogP) is -1.33. The van der Waals surface area contributed by atoms with Gasteiger partial charge < -0.3 is 53.1 Å². The van der Waals surface area contributed by atoms with E-state index in [0.717, 1.165) is 35.9 Å². The van der Waals surface area contributed by atoms with Gasteiger partial charge in [0.05, 0.1) is 42.3 Å². The van der Waals surface area contributed by atoms with Crippen LogP contribution in [0.3, 0.4) is 0 Å². The molecule has 1 aromatic rings. The van der Waals surface area contributed by atoms with Crippen molar-refractivity contribution < 1.29 is 57.5 Å². The smallest absolute Gasteiger partial charge is 0.142 e. The highest BCUT2D eigenvalue weighted by atomic mass is 127. The maximum Gasteiger partial charge on any atom is 0.142 e. The molecule has 2 rings (SSSR count). The Kier molecular flexibility index (Phi) is 11.6. The third-order valence-electron chi connectivity index (χ3n) is 5.71. The molecule has 5 heteroatoms. The molecule has 1 atom stereocenters. The van der Waals surface area contributed by atoms with Gasteiger partial charge in [-0.05, 0) is 55.9 Å². The molecule has 29 heavy (non-hydrogen) atoms. The molecule has 0 amide bonds. The van der Waals surface area contributed by atoms with Crippen molar-refractivity contribution in [1.82, 2.24) is 4.48 Å². The lowest BCUT2D eigenvalue weighted by molar-refractivity contribution is -0.838. The van der Waals surface area contributed by atoms with Gasteiger partial charge in [-0.1, -0.05) is 30.7 Å². The average molecular weight is 626 g/mol. The standard InChI is InChI=1S/C24H40N2O.2HI/c1-8-24(27)19-21(15-18-23(24)26(5,6)7)12-10-9-11-20-13-16-22(17-14-20)25(2,3)4;;/h13-18,27H,8-12,19H2,1-7H3;2*1H/q+2;;/p-2. The van der Waals surface area contributed by atoms with Gasteiger partial charge in [0, 0.05) is 6.42 Å². The molecular formula is C24H40I2N2O. The number of halogens is 2. The lowest BCUT2D eigenvalue weighted by atomic mass is 9.82. The van der Waals surface area contributed by atoms with Crippen molar-refractivity contribution >= 4 is 5.69 Å². The molecule has 0 heterocycles. The molecule has 0 aromatic heterocycles. The SMILES string of the molecule is CCC1(O)CC(CCCCc2ccc([N+](C)(C)C)cc2)=CC=C1[N+](C)(C)C.[I-].[I-]. The summed E-state index contributed by atoms with van der Waals surface area (Å²) >= 11 is 0. The molecule has 0 aliphatic heterocycles. The number of aryl methyl sites for hydroxylation is 1. The maximum absolute atomic E-state index is 11.1. The second-order valence-corrected chi connectivity index (χ2v) is 9.84. The van der Waals surface area contributed by atoms with Gasteiger partial charge in [0.2, 0.25) is 0 Å². The van der Waals surface area contributed by atoms with Crippen molar-refractivity contribution in [3.8, 4) is 0 Å². The topological polar surface area (TPSA) is 20.2 Å². The summed E-state index contributed by atoms with van der Waals surface area (Å²) in [5, 5.41) is 11.1. The number of quaternary nitrogens is 2. The van der Waals surface area contributed by atoms with Crippen molar-refractivity contribution in [2.24, 2.45) is 0 Å². The molecule has 0 bridgehead atoms. The second-order valence-electron chi connectivity index (χ2n) is 9.84. The van der Waals surface area contributed by atoms with Crippen LogP contribution in [0.1, 0.15) is 44.6 Å². The molecule has 0 saturated heterocycles. The van der Waals surface area contributed by atoms with Gasteiger partial charge in [0.1, 0.15) is 17.0 Å². The van der Waals surface area contributed by atoms with Gasteiger partial charge in [0.25, 0.3) is 0 Å². The summed E-state index contributed by atoms with van der Waals surface area (Å²) in [6.45, 7) is 2.09. The summed E-state index contributed by atoms with van der Waals surface area (Å²) in [6.07, 6.45) is 10.5. The van der Waals surface area contributed by atoms with Crippen LogP contribution in [0.5, 0.6) is 0 Å². The Balaban J connectivity index is 0.00000392. The zero-order valence-electron chi connectivity index (χ0n) is 19.3. The highest BCUT2D eigenvalue weighted by Gasteiger charge is 2.40. The van der Waals surface area contributed by atoms with Gasteiger partial charge in [-0.2, -0.15) is 0 Å². The molecule has 1 aliphatic rings. The molecule has 0 spiro atoms. The predicted molar refractivity (Wildman–Crippen MR) is 118 cm³/mol. The molecule has 1 unspecified atom stereocenters. The van der Waals surface area contributed by atoms with E-state index in [1.807, 2.05) is 0 Å². The van der Waals surface area contributed by atoms with E-state index in [9.17, 15) is 5.11 Å². The highest BCUT2D eigenvalue weighted by Crippen LogP contribution is 2.37. The van der Waals surface area contributed by atoms with Crippen molar-refractivity contribution in [2.45, 2.75) is 51.0 Å². The van der Waals surface area contributed by atoms with Gasteiger partial charge in [0.15, 0.2) is 0 Å². The van der Waals surface area contributed by atoms with Gasteiger partial charge >= 0.3 is 0 Å². The van der Waals surface area contributed by atoms with E-state index >= 15 is 0 Å². The first-order valence-electron chi connectivity index (χ1n) is 10.3. The fourth-order valence-electron chi connectivity index (χ4n) is 3.99. The summed E-state index contributed by atoms with van der Waals surface area (Å²) in [5.41, 5.74) is 4.57. The van der Waals surface area contributed by atoms with E-state index < -0.39 is 5.60 Å². The van der Waals surface area contributed by atoms with Crippen LogP contribution in [0.15, 0.2) is 47.7 Å². The number of hydrogen-bond donors (Lipinski definition) is 1.